The summed E-state index contributed by atoms with van der Waals surface area (Å²) in [5.74, 6) is 0.826. The van der Waals surface area contributed by atoms with Gasteiger partial charge in [0.05, 0.1) is 11.8 Å². The summed E-state index contributed by atoms with van der Waals surface area (Å²) in [6, 6.07) is 1.75. The Balaban J connectivity index is 1.78. The highest BCUT2D eigenvalue weighted by atomic mass is 16.4. The van der Waals surface area contributed by atoms with Crippen LogP contribution in [0.3, 0.4) is 0 Å². The molecule has 6 heteroatoms. The van der Waals surface area contributed by atoms with Gasteiger partial charge in [0.15, 0.2) is 11.7 Å². The minimum atomic E-state index is 0.0936. The number of hydrogen-bond acceptors (Lipinski definition) is 5. The Hall–Kier alpha value is -1.85. The SMILES string of the molecule is N/C(=N/O)c1ccnnc1N1CCC2(CCCC2)CC1. The molecule has 0 atom stereocenters. The van der Waals surface area contributed by atoms with Crippen LogP contribution in [0.1, 0.15) is 44.1 Å². The molecular formula is C14H21N5O. The first-order valence-electron chi connectivity index (χ1n) is 7.29. The van der Waals surface area contributed by atoms with Crippen molar-refractivity contribution in [2.45, 2.75) is 38.5 Å². The molecule has 20 heavy (non-hydrogen) atoms. The van der Waals surface area contributed by atoms with E-state index in [9.17, 15) is 0 Å². The van der Waals surface area contributed by atoms with Crippen molar-refractivity contribution >= 4 is 11.7 Å². The molecule has 1 aliphatic carbocycles. The molecule has 0 aromatic carbocycles. The zero-order chi connectivity index (χ0) is 14.0. The number of anilines is 1. The van der Waals surface area contributed by atoms with Crippen LogP contribution >= 0.6 is 0 Å². The summed E-state index contributed by atoms with van der Waals surface area (Å²) >= 11 is 0. The molecule has 6 nitrogen and oxygen atoms in total. The molecule has 108 valence electrons. The van der Waals surface area contributed by atoms with Gasteiger partial charge in [-0.15, -0.1) is 5.10 Å². The van der Waals surface area contributed by atoms with E-state index in [1.807, 2.05) is 0 Å². The Bertz CT molecular complexity index is 500. The van der Waals surface area contributed by atoms with E-state index in [2.05, 4.69) is 20.3 Å². The Morgan fingerprint density at radius 3 is 2.60 bits per heavy atom. The summed E-state index contributed by atoms with van der Waals surface area (Å²) in [5, 5.41) is 20.1. The largest absolute Gasteiger partial charge is 0.409 e. The average molecular weight is 275 g/mol. The lowest BCUT2D eigenvalue weighted by Gasteiger charge is -2.40. The van der Waals surface area contributed by atoms with Crippen LogP contribution in [0, 0.1) is 5.41 Å². The minimum absolute atomic E-state index is 0.0936. The Labute approximate surface area is 118 Å². The number of nitrogens with two attached hydrogens (primary N) is 1. The number of rotatable bonds is 2. The van der Waals surface area contributed by atoms with Gasteiger partial charge in [-0.25, -0.2) is 0 Å². The Kier molecular flexibility index (Phi) is 3.46. The van der Waals surface area contributed by atoms with Crippen molar-refractivity contribution < 1.29 is 5.21 Å². The smallest absolute Gasteiger partial charge is 0.173 e. The van der Waals surface area contributed by atoms with E-state index >= 15 is 0 Å². The molecule has 0 unspecified atom stereocenters. The summed E-state index contributed by atoms with van der Waals surface area (Å²) in [7, 11) is 0. The molecule has 2 fully saturated rings. The molecule has 1 aromatic rings. The first kappa shape index (κ1) is 13.1. The van der Waals surface area contributed by atoms with Gasteiger partial charge < -0.3 is 15.8 Å². The molecule has 3 N–H and O–H groups in total. The molecule has 2 heterocycles. The first-order valence-corrected chi connectivity index (χ1v) is 7.29. The fourth-order valence-electron chi connectivity index (χ4n) is 3.63. The van der Waals surface area contributed by atoms with Gasteiger partial charge in [0.25, 0.3) is 0 Å². The van der Waals surface area contributed by atoms with Gasteiger partial charge in [-0.1, -0.05) is 18.0 Å². The van der Waals surface area contributed by atoms with E-state index in [1.165, 1.54) is 38.5 Å². The van der Waals surface area contributed by atoms with E-state index in [0.29, 0.717) is 11.0 Å². The molecule has 1 saturated heterocycles. The van der Waals surface area contributed by atoms with Crippen LogP contribution in [0.5, 0.6) is 0 Å². The van der Waals surface area contributed by atoms with Crippen LogP contribution in [0.25, 0.3) is 0 Å². The first-order chi connectivity index (χ1) is 9.74. The quantitative estimate of drug-likeness (QED) is 0.371. The summed E-state index contributed by atoms with van der Waals surface area (Å²) in [6.45, 7) is 1.95. The number of hydrogen-bond donors (Lipinski definition) is 2. The molecule has 0 bridgehead atoms. The standard InChI is InChI=1S/C14H21N5O/c15-12(18-20)11-3-8-16-17-13(11)19-9-6-14(7-10-19)4-1-2-5-14/h3,8,20H,1-2,4-7,9-10H2,(H2,15,18). The number of oxime groups is 1. The number of amidine groups is 1. The maximum atomic E-state index is 8.87. The highest BCUT2D eigenvalue weighted by molar-refractivity contribution is 6.01. The summed E-state index contributed by atoms with van der Waals surface area (Å²) in [6.07, 6.45) is 9.47. The minimum Gasteiger partial charge on any atom is -0.409 e. The number of piperidine rings is 1. The third kappa shape index (κ3) is 2.30. The van der Waals surface area contributed by atoms with Gasteiger partial charge in [-0.05, 0) is 37.2 Å². The maximum Gasteiger partial charge on any atom is 0.173 e. The molecule has 1 spiro atoms. The van der Waals surface area contributed by atoms with E-state index in [4.69, 9.17) is 10.9 Å². The van der Waals surface area contributed by atoms with Crippen LogP contribution in [-0.2, 0) is 0 Å². The molecule has 1 saturated carbocycles. The van der Waals surface area contributed by atoms with Crippen LogP contribution in [-0.4, -0.2) is 34.3 Å². The highest BCUT2D eigenvalue weighted by Gasteiger charge is 2.37. The molecule has 1 aliphatic heterocycles. The number of aromatic nitrogens is 2. The van der Waals surface area contributed by atoms with Crippen LogP contribution in [0.4, 0.5) is 5.82 Å². The average Bonchev–Trinajstić information content (AvgIpc) is 2.95. The van der Waals surface area contributed by atoms with Crippen molar-refractivity contribution in [3.8, 4) is 0 Å². The van der Waals surface area contributed by atoms with Crippen LogP contribution < -0.4 is 10.6 Å². The van der Waals surface area contributed by atoms with E-state index in [1.54, 1.807) is 12.3 Å². The lowest BCUT2D eigenvalue weighted by atomic mass is 9.77. The normalized spacial score (nSPS) is 22.4. The van der Waals surface area contributed by atoms with Crippen molar-refractivity contribution in [1.29, 1.82) is 0 Å². The van der Waals surface area contributed by atoms with Crippen molar-refractivity contribution in [2.24, 2.45) is 16.3 Å². The van der Waals surface area contributed by atoms with Gasteiger partial charge in [-0.3, -0.25) is 0 Å². The lowest BCUT2D eigenvalue weighted by molar-refractivity contribution is 0.226. The van der Waals surface area contributed by atoms with Crippen LogP contribution in [0.2, 0.25) is 0 Å². The van der Waals surface area contributed by atoms with Crippen molar-refractivity contribution in [1.82, 2.24) is 10.2 Å². The predicted molar refractivity (Wildman–Crippen MR) is 76.9 cm³/mol. The Morgan fingerprint density at radius 2 is 1.95 bits per heavy atom. The molecular weight excluding hydrogens is 254 g/mol. The zero-order valence-corrected chi connectivity index (χ0v) is 11.6. The highest BCUT2D eigenvalue weighted by Crippen LogP contribution is 2.46. The third-order valence-corrected chi connectivity index (χ3v) is 4.87. The molecule has 0 radical (unpaired) electrons. The fourth-order valence-corrected chi connectivity index (χ4v) is 3.63. The van der Waals surface area contributed by atoms with Gasteiger partial charge in [0, 0.05) is 13.1 Å². The molecule has 3 rings (SSSR count). The maximum absolute atomic E-state index is 8.87. The van der Waals surface area contributed by atoms with Gasteiger partial charge in [0.2, 0.25) is 0 Å². The summed E-state index contributed by atoms with van der Waals surface area (Å²) in [5.41, 5.74) is 6.95. The van der Waals surface area contributed by atoms with Crippen molar-refractivity contribution in [2.75, 3.05) is 18.0 Å². The molecule has 0 amide bonds. The second-order valence-electron chi connectivity index (χ2n) is 5.95. The monoisotopic (exact) mass is 275 g/mol. The summed E-state index contributed by atoms with van der Waals surface area (Å²) < 4.78 is 0. The topological polar surface area (TPSA) is 87.6 Å². The summed E-state index contributed by atoms with van der Waals surface area (Å²) in [4.78, 5) is 2.21. The van der Waals surface area contributed by atoms with E-state index < -0.39 is 0 Å². The third-order valence-electron chi connectivity index (χ3n) is 4.87. The zero-order valence-electron chi connectivity index (χ0n) is 11.6. The van der Waals surface area contributed by atoms with Crippen molar-refractivity contribution in [3.05, 3.63) is 17.8 Å². The van der Waals surface area contributed by atoms with Gasteiger partial charge >= 0.3 is 0 Å². The lowest BCUT2D eigenvalue weighted by Crippen LogP contribution is -2.40. The second kappa shape index (κ2) is 5.26. The van der Waals surface area contributed by atoms with E-state index in [-0.39, 0.29) is 5.84 Å². The van der Waals surface area contributed by atoms with Gasteiger partial charge in [0.1, 0.15) is 0 Å². The van der Waals surface area contributed by atoms with E-state index in [0.717, 1.165) is 18.9 Å². The second-order valence-corrected chi connectivity index (χ2v) is 5.95. The number of nitrogens with zero attached hydrogens (tertiary/aromatic N) is 4. The predicted octanol–water partition coefficient (Wildman–Crippen LogP) is 1.73. The molecule has 1 aromatic heterocycles. The van der Waals surface area contributed by atoms with Crippen molar-refractivity contribution in [3.63, 3.8) is 0 Å². The molecule has 2 aliphatic rings. The van der Waals surface area contributed by atoms with Crippen LogP contribution in [0.15, 0.2) is 17.4 Å². The fraction of sp³-hybridized carbons (Fsp3) is 0.643. The van der Waals surface area contributed by atoms with Gasteiger partial charge in [-0.2, -0.15) is 5.10 Å². The Morgan fingerprint density at radius 1 is 1.25 bits per heavy atom.